The highest BCUT2D eigenvalue weighted by Crippen LogP contribution is 2.29. The Hall–Kier alpha value is -2.46. The molecule has 1 N–H and O–H groups in total. The molecule has 0 saturated heterocycles. The van der Waals surface area contributed by atoms with E-state index in [1.807, 2.05) is 0 Å². The smallest absolute Gasteiger partial charge is 0.336 e. The molecule has 0 aromatic heterocycles. The minimum absolute atomic E-state index is 0.137. The first kappa shape index (κ1) is 15.9. The molecule has 0 radical (unpaired) electrons. The normalized spacial score (nSPS) is 11.1. The lowest BCUT2D eigenvalue weighted by molar-refractivity contribution is -0.130. The van der Waals surface area contributed by atoms with E-state index in [1.165, 1.54) is 7.11 Å². The summed E-state index contributed by atoms with van der Waals surface area (Å²) in [5, 5.41) is 9.82. The highest BCUT2D eigenvalue weighted by molar-refractivity contribution is 6.32. The Kier molecular flexibility index (Phi) is 5.07. The summed E-state index contributed by atoms with van der Waals surface area (Å²) in [5.41, 5.74) is 1.36. The van der Waals surface area contributed by atoms with Crippen molar-refractivity contribution in [3.8, 4) is 11.5 Å². The highest BCUT2D eigenvalue weighted by Gasteiger charge is 2.13. The van der Waals surface area contributed by atoms with Crippen molar-refractivity contribution in [2.24, 2.45) is 0 Å². The number of halogens is 1. The van der Waals surface area contributed by atoms with Crippen LogP contribution in [0.1, 0.15) is 11.1 Å². The van der Waals surface area contributed by atoms with E-state index in [1.54, 1.807) is 55.7 Å². The molecule has 0 aliphatic heterocycles. The van der Waals surface area contributed by atoms with E-state index in [9.17, 15) is 9.90 Å². The number of hydrogen-bond donors (Lipinski definition) is 1. The van der Waals surface area contributed by atoms with E-state index in [0.29, 0.717) is 22.1 Å². The van der Waals surface area contributed by atoms with Crippen LogP contribution in [0.2, 0.25) is 5.02 Å². The fourth-order valence-corrected chi connectivity index (χ4v) is 2.26. The molecule has 2 rings (SSSR count). The second-order valence-corrected chi connectivity index (χ2v) is 4.90. The van der Waals surface area contributed by atoms with Crippen molar-refractivity contribution >= 4 is 29.2 Å². The van der Waals surface area contributed by atoms with Gasteiger partial charge in [-0.25, -0.2) is 4.79 Å². The average Bonchev–Trinajstić information content (AvgIpc) is 2.52. The standard InChI is InChI=1S/C17H15ClO4/c1-21-13-5-3-4-11(8-13)9-14(17(19)20)12-6-7-16(22-2)15(18)10-12/h3-10H,1-2H3,(H,19,20)/b14-9-. The molecule has 114 valence electrons. The molecule has 0 atom stereocenters. The van der Waals surface area contributed by atoms with Crippen molar-refractivity contribution < 1.29 is 19.4 Å². The highest BCUT2D eigenvalue weighted by atomic mass is 35.5. The summed E-state index contributed by atoms with van der Waals surface area (Å²) in [6.45, 7) is 0. The zero-order chi connectivity index (χ0) is 16.1. The maximum atomic E-state index is 11.6. The van der Waals surface area contributed by atoms with Gasteiger partial charge < -0.3 is 14.6 Å². The van der Waals surface area contributed by atoms with E-state index in [0.717, 1.165) is 5.56 Å². The van der Waals surface area contributed by atoms with Gasteiger partial charge in [0.2, 0.25) is 0 Å². The molecule has 0 fully saturated rings. The molecule has 2 aromatic carbocycles. The Labute approximate surface area is 133 Å². The molecule has 22 heavy (non-hydrogen) atoms. The molecule has 0 bridgehead atoms. The van der Waals surface area contributed by atoms with Gasteiger partial charge in [0.1, 0.15) is 11.5 Å². The van der Waals surface area contributed by atoms with Gasteiger partial charge in [-0.05, 0) is 41.5 Å². The van der Waals surface area contributed by atoms with Crippen LogP contribution < -0.4 is 9.47 Å². The summed E-state index contributed by atoms with van der Waals surface area (Å²) in [7, 11) is 3.06. The number of hydrogen-bond acceptors (Lipinski definition) is 3. The van der Waals surface area contributed by atoms with Gasteiger partial charge in [0.15, 0.2) is 0 Å². The third-order valence-corrected chi connectivity index (χ3v) is 3.39. The van der Waals surface area contributed by atoms with Gasteiger partial charge in [-0.1, -0.05) is 29.8 Å². The molecule has 0 saturated carbocycles. The van der Waals surface area contributed by atoms with Crippen LogP contribution >= 0.6 is 11.6 Å². The molecule has 4 nitrogen and oxygen atoms in total. The van der Waals surface area contributed by atoms with Gasteiger partial charge in [0.25, 0.3) is 0 Å². The fourth-order valence-electron chi connectivity index (χ4n) is 2.00. The number of carboxylic acids is 1. The second-order valence-electron chi connectivity index (χ2n) is 4.49. The topological polar surface area (TPSA) is 55.8 Å². The van der Waals surface area contributed by atoms with Crippen molar-refractivity contribution in [2.75, 3.05) is 14.2 Å². The van der Waals surface area contributed by atoms with Crippen LogP contribution in [0.25, 0.3) is 11.6 Å². The summed E-state index contributed by atoms with van der Waals surface area (Å²) < 4.78 is 10.2. The molecule has 0 aliphatic rings. The number of methoxy groups -OCH3 is 2. The van der Waals surface area contributed by atoms with Crippen molar-refractivity contribution in [1.29, 1.82) is 0 Å². The molecule has 0 amide bonds. The zero-order valence-electron chi connectivity index (χ0n) is 12.2. The van der Waals surface area contributed by atoms with Gasteiger partial charge in [-0.2, -0.15) is 0 Å². The van der Waals surface area contributed by atoms with E-state index in [2.05, 4.69) is 0 Å². The first-order valence-electron chi connectivity index (χ1n) is 6.48. The Bertz CT molecular complexity index is 722. The number of aliphatic carboxylic acids is 1. The van der Waals surface area contributed by atoms with E-state index in [4.69, 9.17) is 21.1 Å². The van der Waals surface area contributed by atoms with Crippen molar-refractivity contribution in [1.82, 2.24) is 0 Å². The monoisotopic (exact) mass is 318 g/mol. The minimum Gasteiger partial charge on any atom is -0.497 e. The maximum Gasteiger partial charge on any atom is 0.336 e. The minimum atomic E-state index is -1.04. The largest absolute Gasteiger partial charge is 0.497 e. The molecule has 5 heteroatoms. The SMILES string of the molecule is COc1cccc(/C=C(\C(=O)O)c2ccc(OC)c(Cl)c2)c1. The second kappa shape index (κ2) is 7.00. The first-order valence-corrected chi connectivity index (χ1v) is 6.86. The van der Waals surface area contributed by atoms with E-state index in [-0.39, 0.29) is 5.57 Å². The van der Waals surface area contributed by atoms with Crippen LogP contribution in [0.4, 0.5) is 0 Å². The van der Waals surface area contributed by atoms with Crippen molar-refractivity contribution in [3.05, 3.63) is 58.6 Å². The number of benzene rings is 2. The van der Waals surface area contributed by atoms with Crippen LogP contribution in [0, 0.1) is 0 Å². The van der Waals surface area contributed by atoms with Gasteiger partial charge in [-0.15, -0.1) is 0 Å². The number of carboxylic acid groups (broad SMARTS) is 1. The molecule has 0 spiro atoms. The number of carbonyl (C=O) groups is 1. The zero-order valence-corrected chi connectivity index (χ0v) is 12.9. The Balaban J connectivity index is 2.47. The quantitative estimate of drug-likeness (QED) is 0.669. The first-order chi connectivity index (χ1) is 10.5. The van der Waals surface area contributed by atoms with E-state index >= 15 is 0 Å². The summed E-state index contributed by atoms with van der Waals surface area (Å²) >= 11 is 6.06. The van der Waals surface area contributed by atoms with Crippen LogP contribution in [0.5, 0.6) is 11.5 Å². The van der Waals surface area contributed by atoms with Crippen LogP contribution in [0.3, 0.4) is 0 Å². The summed E-state index contributed by atoms with van der Waals surface area (Å²) in [6.07, 6.45) is 1.57. The number of ether oxygens (including phenoxy) is 2. The molecule has 2 aromatic rings. The summed E-state index contributed by atoms with van der Waals surface area (Å²) in [5.74, 6) is 0.117. The summed E-state index contributed by atoms with van der Waals surface area (Å²) in [4.78, 5) is 11.6. The molecular formula is C17H15ClO4. The predicted octanol–water partition coefficient (Wildman–Crippen LogP) is 3.98. The average molecular weight is 319 g/mol. The van der Waals surface area contributed by atoms with Gasteiger partial charge in [0.05, 0.1) is 24.8 Å². The third-order valence-electron chi connectivity index (χ3n) is 3.10. The molecular weight excluding hydrogens is 304 g/mol. The van der Waals surface area contributed by atoms with E-state index < -0.39 is 5.97 Å². The van der Waals surface area contributed by atoms with Gasteiger partial charge in [0, 0.05) is 0 Å². The molecule has 0 aliphatic carbocycles. The molecule has 0 unspecified atom stereocenters. The lowest BCUT2D eigenvalue weighted by Gasteiger charge is -2.08. The van der Waals surface area contributed by atoms with Gasteiger partial charge >= 0.3 is 5.97 Å². The summed E-state index contributed by atoms with van der Waals surface area (Å²) in [6, 6.07) is 12.0. The predicted molar refractivity (Wildman–Crippen MR) is 86.5 cm³/mol. The van der Waals surface area contributed by atoms with Crippen LogP contribution in [0.15, 0.2) is 42.5 Å². The Morgan fingerprint density at radius 1 is 1.14 bits per heavy atom. The van der Waals surface area contributed by atoms with Gasteiger partial charge in [-0.3, -0.25) is 0 Å². The number of rotatable bonds is 5. The van der Waals surface area contributed by atoms with Crippen LogP contribution in [-0.4, -0.2) is 25.3 Å². The lowest BCUT2D eigenvalue weighted by atomic mass is 10.0. The molecule has 0 heterocycles. The third kappa shape index (κ3) is 3.59. The maximum absolute atomic E-state index is 11.6. The fraction of sp³-hybridized carbons (Fsp3) is 0.118. The Morgan fingerprint density at radius 2 is 1.91 bits per heavy atom. The van der Waals surface area contributed by atoms with Crippen molar-refractivity contribution in [3.63, 3.8) is 0 Å². The van der Waals surface area contributed by atoms with Crippen molar-refractivity contribution in [2.45, 2.75) is 0 Å². The Morgan fingerprint density at radius 3 is 2.50 bits per heavy atom. The lowest BCUT2D eigenvalue weighted by Crippen LogP contribution is -2.00. The van der Waals surface area contributed by atoms with Crippen LogP contribution in [-0.2, 0) is 4.79 Å².